The van der Waals surface area contributed by atoms with E-state index in [-0.39, 0.29) is 18.8 Å². The van der Waals surface area contributed by atoms with Crippen molar-refractivity contribution in [2.75, 3.05) is 11.9 Å². The van der Waals surface area contributed by atoms with Gasteiger partial charge in [-0.3, -0.25) is 9.59 Å². The summed E-state index contributed by atoms with van der Waals surface area (Å²) in [5, 5.41) is 2.74. The highest BCUT2D eigenvalue weighted by atomic mass is 16.5. The van der Waals surface area contributed by atoms with Crippen molar-refractivity contribution >= 4 is 24.0 Å². The van der Waals surface area contributed by atoms with E-state index in [1.165, 1.54) is 0 Å². The summed E-state index contributed by atoms with van der Waals surface area (Å²) in [4.78, 5) is 36.9. The highest BCUT2D eigenvalue weighted by Gasteiger charge is 2.22. The number of pyridine rings is 1. The van der Waals surface area contributed by atoms with Crippen LogP contribution >= 0.6 is 0 Å². The Kier molecular flexibility index (Phi) is 5.37. The van der Waals surface area contributed by atoms with E-state index >= 15 is 0 Å². The summed E-state index contributed by atoms with van der Waals surface area (Å²) in [6.45, 7) is 5.46. The summed E-state index contributed by atoms with van der Waals surface area (Å²) in [5.41, 5.74) is 0.211. The molecule has 0 aliphatic rings. The lowest BCUT2D eigenvalue weighted by Crippen LogP contribution is -2.28. The van der Waals surface area contributed by atoms with E-state index in [1.807, 2.05) is 0 Å². The Morgan fingerprint density at radius 1 is 1.40 bits per heavy atom. The van der Waals surface area contributed by atoms with Crippen LogP contribution in [-0.4, -0.2) is 29.8 Å². The van der Waals surface area contributed by atoms with Crippen molar-refractivity contribution < 1.29 is 19.1 Å². The summed E-state index contributed by atoms with van der Waals surface area (Å²) in [6, 6.07) is 3.50. The minimum absolute atomic E-state index is 0.0572. The van der Waals surface area contributed by atoms with Crippen LogP contribution in [0.25, 0.3) is 0 Å². The second-order valence-electron chi connectivity index (χ2n) is 5.25. The molecule has 1 heterocycles. The molecule has 6 nitrogen and oxygen atoms in total. The predicted octanol–water partition coefficient (Wildman–Crippen LogP) is 1.35. The SMILES string of the molecule is CC(C)(C)C(=O)Nc1ncccc1CCOC(=O)C=O. The third-order valence-electron chi connectivity index (χ3n) is 2.52. The average Bonchev–Trinajstić information content (AvgIpc) is 2.39. The van der Waals surface area contributed by atoms with Crippen LogP contribution in [-0.2, 0) is 25.5 Å². The number of hydrogen-bond acceptors (Lipinski definition) is 5. The molecule has 108 valence electrons. The summed E-state index contributed by atoms with van der Waals surface area (Å²) in [6.07, 6.45) is 2.05. The second kappa shape index (κ2) is 6.79. The van der Waals surface area contributed by atoms with Crippen LogP contribution in [0.4, 0.5) is 5.82 Å². The molecule has 0 atom stereocenters. The molecule has 0 aliphatic heterocycles. The van der Waals surface area contributed by atoms with E-state index in [9.17, 15) is 14.4 Å². The van der Waals surface area contributed by atoms with E-state index in [0.29, 0.717) is 12.2 Å². The van der Waals surface area contributed by atoms with Gasteiger partial charge in [0.05, 0.1) is 6.61 Å². The zero-order chi connectivity index (χ0) is 15.2. The summed E-state index contributed by atoms with van der Waals surface area (Å²) in [5.74, 6) is -0.619. The van der Waals surface area contributed by atoms with Crippen LogP contribution in [0.3, 0.4) is 0 Å². The lowest BCUT2D eigenvalue weighted by Gasteiger charge is -2.18. The lowest BCUT2D eigenvalue weighted by atomic mass is 9.95. The molecule has 0 aliphatic carbocycles. The number of nitrogens with zero attached hydrogens (tertiary/aromatic N) is 1. The third-order valence-corrected chi connectivity index (χ3v) is 2.52. The van der Waals surface area contributed by atoms with Gasteiger partial charge in [0.15, 0.2) is 0 Å². The maximum absolute atomic E-state index is 11.9. The Labute approximate surface area is 117 Å². The smallest absolute Gasteiger partial charge is 0.371 e. The fraction of sp³-hybridized carbons (Fsp3) is 0.429. The van der Waals surface area contributed by atoms with Crippen molar-refractivity contribution in [3.8, 4) is 0 Å². The van der Waals surface area contributed by atoms with Gasteiger partial charge in [0.1, 0.15) is 5.82 Å². The summed E-state index contributed by atoms with van der Waals surface area (Å²) in [7, 11) is 0. The van der Waals surface area contributed by atoms with Gasteiger partial charge in [0.25, 0.3) is 0 Å². The van der Waals surface area contributed by atoms with Gasteiger partial charge >= 0.3 is 5.97 Å². The molecular weight excluding hydrogens is 260 g/mol. The normalized spacial score (nSPS) is 10.8. The molecule has 0 spiro atoms. The Morgan fingerprint density at radius 3 is 2.70 bits per heavy atom. The second-order valence-corrected chi connectivity index (χ2v) is 5.25. The van der Waals surface area contributed by atoms with Gasteiger partial charge in [0.2, 0.25) is 12.2 Å². The molecular formula is C14H18N2O4. The van der Waals surface area contributed by atoms with E-state index in [4.69, 9.17) is 0 Å². The molecule has 1 N–H and O–H groups in total. The Balaban J connectivity index is 2.71. The number of nitrogens with one attached hydrogen (secondary N) is 1. The first-order valence-electron chi connectivity index (χ1n) is 6.22. The molecule has 0 aromatic carbocycles. The quantitative estimate of drug-likeness (QED) is 0.499. The highest BCUT2D eigenvalue weighted by molar-refractivity contribution is 6.20. The van der Waals surface area contributed by atoms with Gasteiger partial charge in [-0.15, -0.1) is 0 Å². The maximum atomic E-state index is 11.9. The van der Waals surface area contributed by atoms with E-state index in [2.05, 4.69) is 15.0 Å². The van der Waals surface area contributed by atoms with Gasteiger partial charge in [-0.05, 0) is 11.6 Å². The zero-order valence-corrected chi connectivity index (χ0v) is 11.8. The van der Waals surface area contributed by atoms with Crippen molar-refractivity contribution in [1.82, 2.24) is 4.98 Å². The Bertz CT molecular complexity index is 506. The number of hydrogen-bond donors (Lipinski definition) is 1. The first kappa shape index (κ1) is 15.8. The lowest BCUT2D eigenvalue weighted by molar-refractivity contribution is -0.148. The molecule has 0 saturated carbocycles. The minimum Gasteiger partial charge on any atom is -0.460 e. The molecule has 0 radical (unpaired) electrons. The first-order chi connectivity index (χ1) is 9.34. The van der Waals surface area contributed by atoms with Gasteiger partial charge in [0, 0.05) is 18.0 Å². The van der Waals surface area contributed by atoms with E-state index in [1.54, 1.807) is 39.1 Å². The largest absolute Gasteiger partial charge is 0.460 e. The van der Waals surface area contributed by atoms with Gasteiger partial charge in [-0.2, -0.15) is 0 Å². The molecule has 0 unspecified atom stereocenters. The summed E-state index contributed by atoms with van der Waals surface area (Å²) >= 11 is 0. The Morgan fingerprint density at radius 2 is 2.10 bits per heavy atom. The van der Waals surface area contributed by atoms with Crippen LogP contribution in [0.2, 0.25) is 0 Å². The minimum atomic E-state index is -0.908. The summed E-state index contributed by atoms with van der Waals surface area (Å²) < 4.78 is 4.67. The zero-order valence-electron chi connectivity index (χ0n) is 11.8. The topological polar surface area (TPSA) is 85.4 Å². The highest BCUT2D eigenvalue weighted by Crippen LogP contribution is 2.18. The van der Waals surface area contributed by atoms with Crippen LogP contribution < -0.4 is 5.32 Å². The average molecular weight is 278 g/mol. The van der Waals surface area contributed by atoms with Crippen LogP contribution in [0.5, 0.6) is 0 Å². The Hall–Kier alpha value is -2.24. The molecule has 1 aromatic heterocycles. The van der Waals surface area contributed by atoms with Crippen molar-refractivity contribution in [2.45, 2.75) is 27.2 Å². The van der Waals surface area contributed by atoms with Crippen LogP contribution in [0.1, 0.15) is 26.3 Å². The van der Waals surface area contributed by atoms with Crippen LogP contribution in [0, 0.1) is 5.41 Å². The van der Waals surface area contributed by atoms with Gasteiger partial charge in [-0.1, -0.05) is 26.8 Å². The standard InChI is InChI=1S/C14H18N2O4/c1-14(2,3)13(19)16-12-10(5-4-7-15-12)6-8-20-11(18)9-17/h4-5,7,9H,6,8H2,1-3H3,(H,15,16,19). The van der Waals surface area contributed by atoms with Crippen molar-refractivity contribution in [3.05, 3.63) is 23.9 Å². The number of carbonyl (C=O) groups excluding carboxylic acids is 3. The van der Waals surface area contributed by atoms with Gasteiger partial charge < -0.3 is 10.1 Å². The van der Waals surface area contributed by atoms with E-state index < -0.39 is 11.4 Å². The third kappa shape index (κ3) is 4.79. The molecule has 1 rings (SSSR count). The predicted molar refractivity (Wildman–Crippen MR) is 73.0 cm³/mol. The van der Waals surface area contributed by atoms with E-state index in [0.717, 1.165) is 5.56 Å². The fourth-order valence-electron chi connectivity index (χ4n) is 1.34. The number of amides is 1. The van der Waals surface area contributed by atoms with Crippen molar-refractivity contribution in [3.63, 3.8) is 0 Å². The monoisotopic (exact) mass is 278 g/mol. The molecule has 20 heavy (non-hydrogen) atoms. The molecule has 6 heteroatoms. The number of esters is 1. The van der Waals surface area contributed by atoms with Crippen LogP contribution in [0.15, 0.2) is 18.3 Å². The number of aldehydes is 1. The van der Waals surface area contributed by atoms with Crippen molar-refractivity contribution in [2.24, 2.45) is 5.41 Å². The molecule has 0 fully saturated rings. The number of carbonyl (C=O) groups is 3. The number of rotatable bonds is 5. The molecule has 0 bridgehead atoms. The number of aromatic nitrogens is 1. The molecule has 0 saturated heterocycles. The first-order valence-corrected chi connectivity index (χ1v) is 6.22. The van der Waals surface area contributed by atoms with Gasteiger partial charge in [-0.25, -0.2) is 9.78 Å². The number of anilines is 1. The molecule has 1 aromatic rings. The number of ether oxygens (including phenoxy) is 1. The fourth-order valence-corrected chi connectivity index (χ4v) is 1.34. The maximum Gasteiger partial charge on any atom is 0.371 e. The van der Waals surface area contributed by atoms with Crippen molar-refractivity contribution in [1.29, 1.82) is 0 Å². The molecule has 1 amide bonds.